The summed E-state index contributed by atoms with van der Waals surface area (Å²) in [6.07, 6.45) is 5.17. The molecule has 0 aliphatic carbocycles. The van der Waals surface area contributed by atoms with Crippen LogP contribution in [0.2, 0.25) is 0 Å². The maximum atomic E-state index is 12.5. The van der Waals surface area contributed by atoms with Gasteiger partial charge in [0.2, 0.25) is 11.8 Å². The average Bonchev–Trinajstić information content (AvgIpc) is 3.17. The summed E-state index contributed by atoms with van der Waals surface area (Å²) in [5.41, 5.74) is 2.59. The van der Waals surface area contributed by atoms with E-state index in [9.17, 15) is 9.59 Å². The van der Waals surface area contributed by atoms with Crippen LogP contribution in [0.5, 0.6) is 0 Å². The van der Waals surface area contributed by atoms with Crippen molar-refractivity contribution in [2.24, 2.45) is 0 Å². The Morgan fingerprint density at radius 1 is 1.15 bits per heavy atom. The Kier molecular flexibility index (Phi) is 5.61. The minimum Gasteiger partial charge on any atom is -0.349 e. The molecule has 0 radical (unpaired) electrons. The van der Waals surface area contributed by atoms with E-state index in [1.807, 2.05) is 37.3 Å². The molecule has 2 heterocycles. The highest BCUT2D eigenvalue weighted by atomic mass is 16.2. The van der Waals surface area contributed by atoms with E-state index in [2.05, 4.69) is 20.7 Å². The number of benzene rings is 1. The lowest BCUT2D eigenvalue weighted by Crippen LogP contribution is -2.29. The largest absolute Gasteiger partial charge is 0.349 e. The zero-order valence-corrected chi connectivity index (χ0v) is 15.2. The number of rotatable bonds is 6. The second-order valence-electron chi connectivity index (χ2n) is 6.27. The van der Waals surface area contributed by atoms with Gasteiger partial charge in [-0.1, -0.05) is 29.8 Å². The topological polar surface area (TPSA) is 88.9 Å². The van der Waals surface area contributed by atoms with Gasteiger partial charge in [0.1, 0.15) is 0 Å². The van der Waals surface area contributed by atoms with Gasteiger partial charge in [-0.3, -0.25) is 9.59 Å². The summed E-state index contributed by atoms with van der Waals surface area (Å²) in [6.45, 7) is 3.43. The van der Waals surface area contributed by atoms with Crippen LogP contribution >= 0.6 is 0 Å². The molecule has 1 unspecified atom stereocenters. The number of nitrogens with one attached hydrogen (secondary N) is 2. The fourth-order valence-corrected chi connectivity index (χ4v) is 2.69. The predicted octanol–water partition coefficient (Wildman–Crippen LogP) is 2.78. The third-order valence-electron chi connectivity index (χ3n) is 4.02. The number of aromatic nitrogens is 3. The molecule has 0 spiro atoms. The van der Waals surface area contributed by atoms with Crippen LogP contribution in [0.25, 0.3) is 5.82 Å². The van der Waals surface area contributed by atoms with Crippen LogP contribution in [0.4, 0.5) is 5.69 Å². The van der Waals surface area contributed by atoms with Gasteiger partial charge in [-0.15, -0.1) is 0 Å². The van der Waals surface area contributed by atoms with Crippen LogP contribution in [0.3, 0.4) is 0 Å². The van der Waals surface area contributed by atoms with Crippen LogP contribution in [0.15, 0.2) is 61.1 Å². The third-order valence-corrected chi connectivity index (χ3v) is 4.02. The Hall–Kier alpha value is -3.48. The standard InChI is InChI=1S/C20H21N5O2/c1-14-4-6-16(7-5-14)18(23-15(2)26)12-20(27)24-17-8-9-19(21-13-17)25-11-3-10-22-25/h3-11,13,18H,12H2,1-2H3,(H,23,26)(H,24,27). The van der Waals surface area contributed by atoms with Gasteiger partial charge in [0.25, 0.3) is 0 Å². The monoisotopic (exact) mass is 363 g/mol. The zero-order valence-electron chi connectivity index (χ0n) is 15.2. The number of aryl methyl sites for hydroxylation is 1. The molecule has 2 N–H and O–H groups in total. The van der Waals surface area contributed by atoms with Crippen LogP contribution in [0, 0.1) is 6.92 Å². The molecule has 1 aromatic carbocycles. The minimum atomic E-state index is -0.389. The quantitative estimate of drug-likeness (QED) is 0.705. The van der Waals surface area contributed by atoms with Gasteiger partial charge in [0.15, 0.2) is 5.82 Å². The summed E-state index contributed by atoms with van der Waals surface area (Å²) in [6, 6.07) is 12.7. The Balaban J connectivity index is 1.66. The molecule has 0 fully saturated rings. The molecule has 27 heavy (non-hydrogen) atoms. The van der Waals surface area contributed by atoms with E-state index in [0.29, 0.717) is 11.5 Å². The van der Waals surface area contributed by atoms with E-state index in [1.165, 1.54) is 6.92 Å². The van der Waals surface area contributed by atoms with Crippen molar-refractivity contribution in [3.8, 4) is 5.82 Å². The van der Waals surface area contributed by atoms with Gasteiger partial charge in [-0.2, -0.15) is 5.10 Å². The predicted molar refractivity (Wildman–Crippen MR) is 102 cm³/mol. The van der Waals surface area contributed by atoms with Gasteiger partial charge in [0, 0.05) is 19.3 Å². The van der Waals surface area contributed by atoms with Gasteiger partial charge < -0.3 is 10.6 Å². The van der Waals surface area contributed by atoms with E-state index in [4.69, 9.17) is 0 Å². The Morgan fingerprint density at radius 2 is 1.93 bits per heavy atom. The molecule has 0 bridgehead atoms. The first-order chi connectivity index (χ1) is 13.0. The normalized spacial score (nSPS) is 11.6. The highest BCUT2D eigenvalue weighted by molar-refractivity contribution is 5.91. The highest BCUT2D eigenvalue weighted by Crippen LogP contribution is 2.19. The Morgan fingerprint density at radius 3 is 2.52 bits per heavy atom. The van der Waals surface area contributed by atoms with Crippen LogP contribution in [-0.2, 0) is 9.59 Å². The number of hydrogen-bond donors (Lipinski definition) is 2. The summed E-state index contributed by atoms with van der Waals surface area (Å²) in [5, 5.41) is 9.76. The van der Waals surface area contributed by atoms with Crippen molar-refractivity contribution in [2.45, 2.75) is 26.3 Å². The number of carbonyl (C=O) groups is 2. The molecular formula is C20H21N5O2. The van der Waals surface area contributed by atoms with Crippen molar-refractivity contribution in [3.63, 3.8) is 0 Å². The lowest BCUT2D eigenvalue weighted by Gasteiger charge is -2.18. The van der Waals surface area contributed by atoms with Crippen molar-refractivity contribution < 1.29 is 9.59 Å². The summed E-state index contributed by atoms with van der Waals surface area (Å²) >= 11 is 0. The first-order valence-corrected chi connectivity index (χ1v) is 8.61. The molecule has 3 rings (SSSR count). The lowest BCUT2D eigenvalue weighted by atomic mass is 10.0. The van der Waals surface area contributed by atoms with Crippen LogP contribution in [0.1, 0.15) is 30.5 Å². The summed E-state index contributed by atoms with van der Waals surface area (Å²) < 4.78 is 1.63. The SMILES string of the molecule is CC(=O)NC(CC(=O)Nc1ccc(-n2cccn2)nc1)c1ccc(C)cc1. The molecule has 0 saturated carbocycles. The molecular weight excluding hydrogens is 342 g/mol. The summed E-state index contributed by atoms with van der Waals surface area (Å²) in [7, 11) is 0. The van der Waals surface area contributed by atoms with Crippen molar-refractivity contribution in [2.75, 3.05) is 5.32 Å². The zero-order chi connectivity index (χ0) is 19.2. The van der Waals surface area contributed by atoms with Gasteiger partial charge >= 0.3 is 0 Å². The Labute approximate surface area is 157 Å². The summed E-state index contributed by atoms with van der Waals surface area (Å²) in [5.74, 6) is 0.273. The molecule has 0 saturated heterocycles. The molecule has 7 heteroatoms. The maximum Gasteiger partial charge on any atom is 0.226 e. The van der Waals surface area contributed by atoms with E-state index in [1.54, 1.807) is 35.4 Å². The molecule has 3 aromatic rings. The number of nitrogens with zero attached hydrogens (tertiary/aromatic N) is 3. The van der Waals surface area contributed by atoms with Gasteiger partial charge in [-0.25, -0.2) is 9.67 Å². The molecule has 2 amide bonds. The third kappa shape index (κ3) is 5.01. The summed E-state index contributed by atoms with van der Waals surface area (Å²) in [4.78, 5) is 28.3. The Bertz CT molecular complexity index is 903. The van der Waals surface area contributed by atoms with E-state index >= 15 is 0 Å². The van der Waals surface area contributed by atoms with Crippen LogP contribution < -0.4 is 10.6 Å². The van der Waals surface area contributed by atoms with E-state index in [-0.39, 0.29) is 24.3 Å². The van der Waals surface area contributed by atoms with E-state index < -0.39 is 0 Å². The highest BCUT2D eigenvalue weighted by Gasteiger charge is 2.17. The average molecular weight is 363 g/mol. The van der Waals surface area contributed by atoms with Gasteiger partial charge in [0.05, 0.1) is 24.3 Å². The number of hydrogen-bond acceptors (Lipinski definition) is 4. The van der Waals surface area contributed by atoms with E-state index in [0.717, 1.165) is 11.1 Å². The molecule has 2 aromatic heterocycles. The van der Waals surface area contributed by atoms with Crippen molar-refractivity contribution in [1.29, 1.82) is 0 Å². The number of amides is 2. The molecule has 138 valence electrons. The molecule has 7 nitrogen and oxygen atoms in total. The maximum absolute atomic E-state index is 12.5. The van der Waals surface area contributed by atoms with Crippen molar-refractivity contribution in [1.82, 2.24) is 20.1 Å². The minimum absolute atomic E-state index is 0.129. The van der Waals surface area contributed by atoms with Crippen molar-refractivity contribution in [3.05, 3.63) is 72.2 Å². The van der Waals surface area contributed by atoms with Crippen molar-refractivity contribution >= 4 is 17.5 Å². The first kappa shape index (κ1) is 18.3. The molecule has 0 aliphatic rings. The fourth-order valence-electron chi connectivity index (χ4n) is 2.69. The molecule has 0 aliphatic heterocycles. The lowest BCUT2D eigenvalue weighted by molar-refractivity contribution is -0.120. The van der Waals surface area contributed by atoms with Gasteiger partial charge in [-0.05, 0) is 30.7 Å². The first-order valence-electron chi connectivity index (χ1n) is 8.61. The second-order valence-corrected chi connectivity index (χ2v) is 6.27. The van der Waals surface area contributed by atoms with Crippen LogP contribution in [-0.4, -0.2) is 26.6 Å². The number of anilines is 1. The number of pyridine rings is 1. The second kappa shape index (κ2) is 8.27. The number of carbonyl (C=O) groups excluding carboxylic acids is 2. The molecule has 1 atom stereocenters. The fraction of sp³-hybridized carbons (Fsp3) is 0.200. The smallest absolute Gasteiger partial charge is 0.226 e.